The molecule has 2 rings (SSSR count). The molecule has 0 radical (unpaired) electrons. The van der Waals surface area contributed by atoms with Gasteiger partial charge < -0.3 is 5.73 Å². The van der Waals surface area contributed by atoms with E-state index in [1.54, 1.807) is 0 Å². The van der Waals surface area contributed by atoms with Gasteiger partial charge in [-0.1, -0.05) is 6.07 Å². The number of nitrogens with zero attached hydrogens (tertiary/aromatic N) is 2. The smallest absolute Gasteiger partial charge is 0.130 e. The molecule has 5 heteroatoms. The normalized spacial score (nSPS) is 12.9. The Morgan fingerprint density at radius 2 is 2.00 bits per heavy atom. The SMILES string of the molecule is CC(C)n1ccc(CC(N)c2ccc(F)cc2F)n1. The summed E-state index contributed by atoms with van der Waals surface area (Å²) in [5.74, 6) is -1.21. The van der Waals surface area contributed by atoms with Crippen molar-refractivity contribution in [3.05, 3.63) is 53.4 Å². The number of benzene rings is 1. The summed E-state index contributed by atoms with van der Waals surface area (Å²) in [4.78, 5) is 0. The van der Waals surface area contributed by atoms with Crippen molar-refractivity contribution in [2.75, 3.05) is 0 Å². The van der Waals surface area contributed by atoms with E-state index < -0.39 is 17.7 Å². The molecule has 0 bridgehead atoms. The first kappa shape index (κ1) is 13.7. The summed E-state index contributed by atoms with van der Waals surface area (Å²) in [5.41, 5.74) is 7.05. The number of aromatic nitrogens is 2. The van der Waals surface area contributed by atoms with Gasteiger partial charge >= 0.3 is 0 Å². The molecule has 0 saturated carbocycles. The molecule has 0 saturated heterocycles. The van der Waals surface area contributed by atoms with Crippen molar-refractivity contribution >= 4 is 0 Å². The van der Waals surface area contributed by atoms with Crippen LogP contribution >= 0.6 is 0 Å². The van der Waals surface area contributed by atoms with Crippen LogP contribution in [-0.4, -0.2) is 9.78 Å². The topological polar surface area (TPSA) is 43.8 Å². The molecule has 1 aromatic carbocycles. The Labute approximate surface area is 111 Å². The van der Waals surface area contributed by atoms with E-state index in [2.05, 4.69) is 5.10 Å². The quantitative estimate of drug-likeness (QED) is 0.923. The molecule has 0 fully saturated rings. The first-order chi connectivity index (χ1) is 8.97. The lowest BCUT2D eigenvalue weighted by molar-refractivity contribution is 0.518. The zero-order chi connectivity index (χ0) is 14.0. The molecule has 1 heterocycles. The molecule has 0 aliphatic rings. The van der Waals surface area contributed by atoms with Gasteiger partial charge in [0.2, 0.25) is 0 Å². The first-order valence-corrected chi connectivity index (χ1v) is 6.22. The van der Waals surface area contributed by atoms with Gasteiger partial charge in [0.25, 0.3) is 0 Å². The minimum absolute atomic E-state index is 0.271. The molecule has 1 aromatic heterocycles. The number of hydrogen-bond acceptors (Lipinski definition) is 2. The Morgan fingerprint density at radius 3 is 2.58 bits per heavy atom. The van der Waals surface area contributed by atoms with Gasteiger partial charge in [0.05, 0.1) is 5.69 Å². The molecule has 19 heavy (non-hydrogen) atoms. The van der Waals surface area contributed by atoms with Crippen LogP contribution in [0.15, 0.2) is 30.5 Å². The van der Waals surface area contributed by atoms with Gasteiger partial charge in [-0.25, -0.2) is 8.78 Å². The maximum Gasteiger partial charge on any atom is 0.130 e. The second-order valence-corrected chi connectivity index (χ2v) is 4.86. The van der Waals surface area contributed by atoms with Crippen LogP contribution in [0.1, 0.15) is 37.2 Å². The third-order valence-electron chi connectivity index (χ3n) is 2.98. The van der Waals surface area contributed by atoms with Gasteiger partial charge in [0, 0.05) is 36.3 Å². The number of hydrogen-bond donors (Lipinski definition) is 1. The standard InChI is InChI=1S/C14H17F2N3/c1-9(2)19-6-5-11(18-19)8-14(17)12-4-3-10(15)7-13(12)16/h3-7,9,14H,8,17H2,1-2H3. The zero-order valence-electron chi connectivity index (χ0n) is 11.0. The summed E-state index contributed by atoms with van der Waals surface area (Å²) < 4.78 is 28.2. The highest BCUT2D eigenvalue weighted by molar-refractivity contribution is 5.23. The van der Waals surface area contributed by atoms with Crippen molar-refractivity contribution < 1.29 is 8.78 Å². The molecule has 0 amide bonds. The Morgan fingerprint density at radius 1 is 1.26 bits per heavy atom. The van der Waals surface area contributed by atoms with E-state index in [0.717, 1.165) is 11.8 Å². The summed E-state index contributed by atoms with van der Waals surface area (Å²) in [6.45, 7) is 4.05. The van der Waals surface area contributed by atoms with Gasteiger partial charge in [0.15, 0.2) is 0 Å². The molecule has 102 valence electrons. The second kappa shape index (κ2) is 5.48. The molecular weight excluding hydrogens is 248 g/mol. The maximum absolute atomic E-state index is 13.6. The summed E-state index contributed by atoms with van der Waals surface area (Å²) in [7, 11) is 0. The van der Waals surface area contributed by atoms with Gasteiger partial charge in [-0.2, -0.15) is 5.10 Å². The fraction of sp³-hybridized carbons (Fsp3) is 0.357. The van der Waals surface area contributed by atoms with Gasteiger partial charge in [-0.05, 0) is 26.0 Å². The van der Waals surface area contributed by atoms with Crippen molar-refractivity contribution in [2.24, 2.45) is 5.73 Å². The van der Waals surface area contributed by atoms with Gasteiger partial charge in [-0.3, -0.25) is 4.68 Å². The van der Waals surface area contributed by atoms with Crippen molar-refractivity contribution in [2.45, 2.75) is 32.4 Å². The van der Waals surface area contributed by atoms with Crippen LogP contribution in [0, 0.1) is 11.6 Å². The molecular formula is C14H17F2N3. The monoisotopic (exact) mass is 265 g/mol. The molecule has 3 nitrogen and oxygen atoms in total. The summed E-state index contributed by atoms with van der Waals surface area (Å²) in [6, 6.07) is 5.05. The van der Waals surface area contributed by atoms with E-state index in [1.165, 1.54) is 12.1 Å². The number of rotatable bonds is 4. The molecule has 0 aliphatic heterocycles. The van der Waals surface area contributed by atoms with Crippen molar-refractivity contribution in [3.8, 4) is 0 Å². The Hall–Kier alpha value is -1.75. The van der Waals surface area contributed by atoms with Crippen LogP contribution in [0.25, 0.3) is 0 Å². The summed E-state index contributed by atoms with van der Waals surface area (Å²) in [6.07, 6.45) is 2.29. The van der Waals surface area contributed by atoms with Gasteiger partial charge in [-0.15, -0.1) is 0 Å². The number of nitrogens with two attached hydrogens (primary N) is 1. The van der Waals surface area contributed by atoms with Crippen molar-refractivity contribution in [1.82, 2.24) is 9.78 Å². The minimum atomic E-state index is -0.615. The minimum Gasteiger partial charge on any atom is -0.324 e. The zero-order valence-corrected chi connectivity index (χ0v) is 11.0. The molecule has 2 aromatic rings. The predicted molar refractivity (Wildman–Crippen MR) is 69.6 cm³/mol. The average Bonchev–Trinajstić information content (AvgIpc) is 2.77. The number of halogens is 2. The lowest BCUT2D eigenvalue weighted by Gasteiger charge is -2.11. The maximum atomic E-state index is 13.6. The second-order valence-electron chi connectivity index (χ2n) is 4.86. The predicted octanol–water partition coefficient (Wildman–Crippen LogP) is 2.98. The molecule has 1 unspecified atom stereocenters. The van der Waals surface area contributed by atoms with Crippen LogP contribution in [0.5, 0.6) is 0 Å². The molecule has 0 aliphatic carbocycles. The van der Waals surface area contributed by atoms with E-state index >= 15 is 0 Å². The third kappa shape index (κ3) is 3.17. The van der Waals surface area contributed by atoms with E-state index in [1.807, 2.05) is 30.8 Å². The summed E-state index contributed by atoms with van der Waals surface area (Å²) in [5, 5.41) is 4.36. The highest BCUT2D eigenvalue weighted by Crippen LogP contribution is 2.19. The largest absolute Gasteiger partial charge is 0.324 e. The summed E-state index contributed by atoms with van der Waals surface area (Å²) >= 11 is 0. The first-order valence-electron chi connectivity index (χ1n) is 6.22. The highest BCUT2D eigenvalue weighted by Gasteiger charge is 2.14. The van der Waals surface area contributed by atoms with E-state index in [0.29, 0.717) is 12.0 Å². The lowest BCUT2D eigenvalue weighted by atomic mass is 10.0. The van der Waals surface area contributed by atoms with Crippen molar-refractivity contribution in [3.63, 3.8) is 0 Å². The fourth-order valence-corrected chi connectivity index (χ4v) is 1.91. The van der Waals surface area contributed by atoms with E-state index in [4.69, 9.17) is 5.73 Å². The van der Waals surface area contributed by atoms with Crippen LogP contribution in [0.2, 0.25) is 0 Å². The van der Waals surface area contributed by atoms with Crippen LogP contribution in [-0.2, 0) is 6.42 Å². The van der Waals surface area contributed by atoms with Gasteiger partial charge in [0.1, 0.15) is 11.6 Å². The highest BCUT2D eigenvalue weighted by atomic mass is 19.1. The Kier molecular flexibility index (Phi) is 3.95. The average molecular weight is 265 g/mol. The molecule has 2 N–H and O–H groups in total. The van der Waals surface area contributed by atoms with E-state index in [9.17, 15) is 8.78 Å². The Balaban J connectivity index is 2.13. The van der Waals surface area contributed by atoms with Crippen LogP contribution in [0.3, 0.4) is 0 Å². The fourth-order valence-electron chi connectivity index (χ4n) is 1.91. The van der Waals surface area contributed by atoms with E-state index in [-0.39, 0.29) is 6.04 Å². The molecule has 0 spiro atoms. The van der Waals surface area contributed by atoms with Crippen molar-refractivity contribution in [1.29, 1.82) is 0 Å². The Bertz CT molecular complexity index is 564. The lowest BCUT2D eigenvalue weighted by Crippen LogP contribution is -2.16. The molecule has 1 atom stereocenters. The van der Waals surface area contributed by atoms with Crippen LogP contribution in [0.4, 0.5) is 8.78 Å². The van der Waals surface area contributed by atoms with Crippen LogP contribution < -0.4 is 5.73 Å². The third-order valence-corrected chi connectivity index (χ3v) is 2.98.